The smallest absolute Gasteiger partial charge is 0.146 e. The predicted molar refractivity (Wildman–Crippen MR) is 226 cm³/mol. The maximum absolute atomic E-state index is 6.21. The van der Waals surface area contributed by atoms with Crippen LogP contribution in [-0.4, -0.2) is 29.1 Å². The van der Waals surface area contributed by atoms with Crippen LogP contribution < -0.4 is 16.2 Å². The van der Waals surface area contributed by atoms with E-state index >= 15 is 0 Å². The number of rotatable bonds is 7. The molecule has 0 saturated heterocycles. The van der Waals surface area contributed by atoms with Crippen molar-refractivity contribution in [2.45, 2.75) is 63.4 Å². The van der Waals surface area contributed by atoms with E-state index in [2.05, 4.69) is 132 Å². The van der Waals surface area contributed by atoms with Crippen LogP contribution in [0.3, 0.4) is 0 Å². The Hall–Kier alpha value is -6.13. The Morgan fingerprint density at radius 1 is 0.564 bits per heavy atom. The standard InChI is InChI=1S/C23H24N4O.C22H22N4S/c1-23(2,3)14-27-13-19(20-21(24)25-15-26-22(20)27)16-9-11-18(12-10-16)28-17-7-5-4-6-8-17;1-22(2,3)26-13-18(19-20(23)24-14-25-21(19)26)15-9-11-17(12-10-15)27-16-7-5-4-6-8-16/h4-13,15H,14H2,1-3H3,(H2,24,25,26);4-14H,1-3H3,(H2,23,24,25). The number of fused-ring (bicyclic) bond motifs is 2. The zero-order chi connectivity index (χ0) is 38.7. The van der Waals surface area contributed by atoms with E-state index in [-0.39, 0.29) is 11.0 Å². The molecule has 0 aliphatic heterocycles. The third-order valence-corrected chi connectivity index (χ3v) is 9.97. The molecule has 0 spiro atoms. The van der Waals surface area contributed by atoms with E-state index in [0.29, 0.717) is 11.6 Å². The van der Waals surface area contributed by atoms with E-state index in [4.69, 9.17) is 16.2 Å². The first-order chi connectivity index (χ1) is 26.3. The van der Waals surface area contributed by atoms with Crippen LogP contribution in [-0.2, 0) is 12.1 Å². The summed E-state index contributed by atoms with van der Waals surface area (Å²) in [5.74, 6) is 2.62. The highest BCUT2D eigenvalue weighted by atomic mass is 32.2. The van der Waals surface area contributed by atoms with Gasteiger partial charge in [-0.15, -0.1) is 0 Å². The third-order valence-electron chi connectivity index (χ3n) is 8.95. The van der Waals surface area contributed by atoms with Gasteiger partial charge in [-0.2, -0.15) is 0 Å². The lowest BCUT2D eigenvalue weighted by molar-refractivity contribution is 0.348. The van der Waals surface area contributed by atoms with Gasteiger partial charge in [0.25, 0.3) is 0 Å². The molecular weight excluding hydrogens is 701 g/mol. The van der Waals surface area contributed by atoms with Crippen LogP contribution in [0.2, 0.25) is 0 Å². The lowest BCUT2D eigenvalue weighted by atomic mass is 9.97. The first-order valence-electron chi connectivity index (χ1n) is 18.2. The summed E-state index contributed by atoms with van der Waals surface area (Å²) in [6, 6.07) is 36.7. The molecule has 0 amide bonds. The molecule has 10 heteroatoms. The molecule has 0 radical (unpaired) electrons. The molecule has 4 aromatic heterocycles. The molecule has 55 heavy (non-hydrogen) atoms. The molecule has 4 N–H and O–H groups in total. The predicted octanol–water partition coefficient (Wildman–Crippen LogP) is 11.1. The van der Waals surface area contributed by atoms with Gasteiger partial charge in [0.05, 0.1) is 10.8 Å². The number of hydrogen-bond donors (Lipinski definition) is 2. The lowest BCUT2D eigenvalue weighted by Crippen LogP contribution is -2.21. The topological polar surface area (TPSA) is 123 Å². The Morgan fingerprint density at radius 3 is 1.64 bits per heavy atom. The highest BCUT2D eigenvalue weighted by Gasteiger charge is 2.22. The fourth-order valence-electron chi connectivity index (χ4n) is 6.47. The van der Waals surface area contributed by atoms with E-state index in [9.17, 15) is 0 Å². The molecule has 0 saturated carbocycles. The van der Waals surface area contributed by atoms with Gasteiger partial charge in [0.2, 0.25) is 0 Å². The summed E-state index contributed by atoms with van der Waals surface area (Å²) in [6.07, 6.45) is 7.31. The number of hydrogen-bond acceptors (Lipinski definition) is 8. The van der Waals surface area contributed by atoms with Crippen molar-refractivity contribution in [2.75, 3.05) is 11.5 Å². The number of nitrogen functional groups attached to an aromatic ring is 2. The molecule has 0 unspecified atom stereocenters. The molecule has 0 bridgehead atoms. The first-order valence-corrected chi connectivity index (χ1v) is 19.0. The Balaban J connectivity index is 0.000000169. The quantitative estimate of drug-likeness (QED) is 0.165. The minimum absolute atomic E-state index is 0.0968. The largest absolute Gasteiger partial charge is 0.457 e. The van der Waals surface area contributed by atoms with Crippen LogP contribution in [0.5, 0.6) is 11.5 Å². The van der Waals surface area contributed by atoms with Gasteiger partial charge in [0.15, 0.2) is 0 Å². The van der Waals surface area contributed by atoms with Crippen LogP contribution in [0, 0.1) is 5.41 Å². The van der Waals surface area contributed by atoms with Crippen molar-refractivity contribution < 1.29 is 4.74 Å². The zero-order valence-corrected chi connectivity index (χ0v) is 32.9. The summed E-state index contributed by atoms with van der Waals surface area (Å²) >= 11 is 1.75. The summed E-state index contributed by atoms with van der Waals surface area (Å²) in [4.78, 5) is 19.8. The van der Waals surface area contributed by atoms with Gasteiger partial charge < -0.3 is 25.3 Å². The zero-order valence-electron chi connectivity index (χ0n) is 32.1. The molecule has 9 nitrogen and oxygen atoms in total. The van der Waals surface area contributed by atoms with Gasteiger partial charge in [-0.25, -0.2) is 19.9 Å². The van der Waals surface area contributed by atoms with Gasteiger partial charge in [-0.1, -0.05) is 93.2 Å². The summed E-state index contributed by atoms with van der Waals surface area (Å²) < 4.78 is 10.2. The fourth-order valence-corrected chi connectivity index (χ4v) is 7.30. The monoisotopic (exact) mass is 746 g/mol. The minimum atomic E-state index is -0.0968. The Morgan fingerprint density at radius 2 is 1.05 bits per heavy atom. The van der Waals surface area contributed by atoms with E-state index in [1.807, 2.05) is 60.7 Å². The summed E-state index contributed by atoms with van der Waals surface area (Å²) in [7, 11) is 0. The van der Waals surface area contributed by atoms with Gasteiger partial charge in [-0.3, -0.25) is 0 Å². The van der Waals surface area contributed by atoms with Crippen molar-refractivity contribution in [1.82, 2.24) is 29.1 Å². The second-order valence-electron chi connectivity index (χ2n) is 15.6. The maximum atomic E-state index is 6.21. The Kier molecular flexibility index (Phi) is 10.4. The molecule has 0 aliphatic carbocycles. The van der Waals surface area contributed by atoms with Crippen molar-refractivity contribution in [1.29, 1.82) is 0 Å². The number of ether oxygens (including phenoxy) is 1. The van der Waals surface area contributed by atoms with Gasteiger partial charge in [0.1, 0.15) is 47.1 Å². The van der Waals surface area contributed by atoms with Crippen molar-refractivity contribution in [3.8, 4) is 33.8 Å². The van der Waals surface area contributed by atoms with Gasteiger partial charge >= 0.3 is 0 Å². The van der Waals surface area contributed by atoms with E-state index in [1.165, 1.54) is 22.4 Å². The number of aromatic nitrogens is 6. The average molecular weight is 747 g/mol. The van der Waals surface area contributed by atoms with Gasteiger partial charge in [-0.05, 0) is 85.8 Å². The average Bonchev–Trinajstić information content (AvgIpc) is 3.74. The van der Waals surface area contributed by atoms with Crippen molar-refractivity contribution >= 4 is 45.5 Å². The van der Waals surface area contributed by atoms with Crippen LogP contribution in [0.25, 0.3) is 44.3 Å². The van der Waals surface area contributed by atoms with Crippen LogP contribution in [0.4, 0.5) is 11.6 Å². The van der Waals surface area contributed by atoms with Crippen molar-refractivity contribution in [2.24, 2.45) is 5.41 Å². The number of nitrogens with two attached hydrogens (primary N) is 2. The molecule has 8 aromatic rings. The molecule has 8 rings (SSSR count). The highest BCUT2D eigenvalue weighted by molar-refractivity contribution is 7.99. The van der Waals surface area contributed by atoms with Crippen molar-refractivity contribution in [3.63, 3.8) is 0 Å². The summed E-state index contributed by atoms with van der Waals surface area (Å²) in [5.41, 5.74) is 18.4. The normalized spacial score (nSPS) is 11.7. The minimum Gasteiger partial charge on any atom is -0.457 e. The van der Waals surface area contributed by atoms with Crippen LogP contribution >= 0.6 is 11.8 Å². The number of nitrogens with zero attached hydrogens (tertiary/aromatic N) is 6. The molecule has 4 heterocycles. The molecule has 278 valence electrons. The van der Waals surface area contributed by atoms with E-state index < -0.39 is 0 Å². The first kappa shape index (κ1) is 37.2. The SMILES string of the molecule is CC(C)(C)Cn1cc(-c2ccc(Oc3ccccc3)cc2)c2c(N)ncnc21.CC(C)(C)n1cc(-c2ccc(Sc3ccccc3)cc2)c2c(N)ncnc21. The van der Waals surface area contributed by atoms with E-state index in [0.717, 1.165) is 62.4 Å². The lowest BCUT2D eigenvalue weighted by Gasteiger charge is -2.21. The van der Waals surface area contributed by atoms with Crippen LogP contribution in [0.1, 0.15) is 41.5 Å². The van der Waals surface area contributed by atoms with Crippen LogP contribution in [0.15, 0.2) is 144 Å². The fraction of sp³-hybridized carbons (Fsp3) is 0.200. The summed E-state index contributed by atoms with van der Waals surface area (Å²) in [6.45, 7) is 13.9. The highest BCUT2D eigenvalue weighted by Crippen LogP contribution is 2.38. The molecule has 4 aromatic carbocycles. The van der Waals surface area contributed by atoms with E-state index in [1.54, 1.807) is 11.8 Å². The van der Waals surface area contributed by atoms with Gasteiger partial charge in [0, 0.05) is 45.4 Å². The molecule has 0 aliphatic rings. The van der Waals surface area contributed by atoms with Crippen molar-refractivity contribution in [3.05, 3.63) is 134 Å². The maximum Gasteiger partial charge on any atom is 0.146 e. The molecular formula is C45H46N8OS. The molecule has 0 atom stereocenters. The number of benzene rings is 4. The number of anilines is 2. The second kappa shape index (κ2) is 15.3. The molecule has 0 fully saturated rings. The Bertz CT molecular complexity index is 2530. The third kappa shape index (κ3) is 8.50. The second-order valence-corrected chi connectivity index (χ2v) is 16.8. The summed E-state index contributed by atoms with van der Waals surface area (Å²) in [5, 5.41) is 1.80. The Labute approximate surface area is 326 Å². The number of para-hydroxylation sites is 1.